The second-order valence-corrected chi connectivity index (χ2v) is 7.63. The lowest BCUT2D eigenvalue weighted by Crippen LogP contribution is -2.37. The summed E-state index contributed by atoms with van der Waals surface area (Å²) in [5.74, 6) is 0. The molecule has 23 heavy (non-hydrogen) atoms. The summed E-state index contributed by atoms with van der Waals surface area (Å²) >= 11 is 6.29. The van der Waals surface area contributed by atoms with Crippen molar-refractivity contribution in [2.75, 3.05) is 18.4 Å². The van der Waals surface area contributed by atoms with E-state index in [9.17, 15) is 4.79 Å². The molecule has 1 heterocycles. The summed E-state index contributed by atoms with van der Waals surface area (Å²) in [6.45, 7) is 9.16. The number of hydrogen-bond donors (Lipinski definition) is 1. The van der Waals surface area contributed by atoms with E-state index in [0.717, 1.165) is 42.1 Å². The summed E-state index contributed by atoms with van der Waals surface area (Å²) in [6, 6.07) is 6.36. The molecule has 2 rings (SSSR count). The first-order valence-electron chi connectivity index (χ1n) is 8.25. The number of rotatable bonds is 2. The number of likely N-dealkylation sites (tertiary alicyclic amines) is 1. The Kier molecular flexibility index (Phi) is 5.79. The molecule has 1 amide bonds. The van der Waals surface area contributed by atoms with Crippen LogP contribution in [0.15, 0.2) is 18.2 Å². The molecule has 0 aromatic heterocycles. The van der Waals surface area contributed by atoms with E-state index in [1.165, 1.54) is 0 Å². The molecule has 0 radical (unpaired) electrons. The van der Waals surface area contributed by atoms with Crippen LogP contribution < -0.4 is 5.32 Å². The maximum Gasteiger partial charge on any atom is 0.410 e. The zero-order valence-corrected chi connectivity index (χ0v) is 15.2. The van der Waals surface area contributed by atoms with E-state index in [-0.39, 0.29) is 6.09 Å². The minimum absolute atomic E-state index is 0.216. The van der Waals surface area contributed by atoms with Crippen LogP contribution in [0, 0.1) is 6.92 Å². The number of nitrogens with one attached hydrogen (secondary N) is 1. The van der Waals surface area contributed by atoms with Crippen LogP contribution >= 0.6 is 11.6 Å². The number of halogens is 1. The van der Waals surface area contributed by atoms with Gasteiger partial charge in [-0.1, -0.05) is 17.7 Å². The third-order valence-electron chi connectivity index (χ3n) is 3.86. The van der Waals surface area contributed by atoms with Crippen molar-refractivity contribution in [3.8, 4) is 0 Å². The zero-order chi connectivity index (χ0) is 17.0. The minimum atomic E-state index is -0.448. The first-order chi connectivity index (χ1) is 10.7. The molecule has 1 aromatic rings. The molecule has 0 saturated carbocycles. The van der Waals surface area contributed by atoms with Crippen molar-refractivity contribution in [1.29, 1.82) is 0 Å². The Bertz CT molecular complexity index is 554. The van der Waals surface area contributed by atoms with Crippen molar-refractivity contribution in [3.05, 3.63) is 28.8 Å². The first kappa shape index (κ1) is 17.9. The van der Waals surface area contributed by atoms with Gasteiger partial charge in [0.2, 0.25) is 0 Å². The molecule has 5 heteroatoms. The van der Waals surface area contributed by atoms with Crippen LogP contribution in [0.25, 0.3) is 0 Å². The fraction of sp³-hybridized carbons (Fsp3) is 0.611. The summed E-state index contributed by atoms with van der Waals surface area (Å²) in [5.41, 5.74) is 1.67. The van der Waals surface area contributed by atoms with Gasteiger partial charge in [0.25, 0.3) is 0 Å². The number of amides is 1. The molecule has 1 saturated heterocycles. The van der Waals surface area contributed by atoms with Crippen molar-refractivity contribution in [3.63, 3.8) is 0 Å². The highest BCUT2D eigenvalue weighted by Crippen LogP contribution is 2.26. The summed E-state index contributed by atoms with van der Waals surface area (Å²) in [6.07, 6.45) is 2.65. The highest BCUT2D eigenvalue weighted by molar-refractivity contribution is 6.33. The number of carbonyl (C=O) groups is 1. The van der Waals surface area contributed by atoms with E-state index in [0.29, 0.717) is 12.6 Å². The van der Waals surface area contributed by atoms with E-state index in [2.05, 4.69) is 11.4 Å². The maximum atomic E-state index is 12.2. The van der Waals surface area contributed by atoms with E-state index in [1.54, 1.807) is 0 Å². The molecule has 4 nitrogen and oxygen atoms in total. The molecule has 0 bridgehead atoms. The van der Waals surface area contributed by atoms with Crippen LogP contribution in [0.4, 0.5) is 10.5 Å². The van der Waals surface area contributed by atoms with Gasteiger partial charge in [0, 0.05) is 19.1 Å². The average Bonchev–Trinajstić information content (AvgIpc) is 2.66. The largest absolute Gasteiger partial charge is 0.444 e. The Balaban J connectivity index is 1.92. The summed E-state index contributed by atoms with van der Waals surface area (Å²) in [4.78, 5) is 14.0. The fourth-order valence-electron chi connectivity index (χ4n) is 2.71. The van der Waals surface area contributed by atoms with Crippen LogP contribution in [0.2, 0.25) is 5.02 Å². The average molecular weight is 339 g/mol. The molecule has 0 aliphatic carbocycles. The highest BCUT2D eigenvalue weighted by Gasteiger charge is 2.25. The molecule has 1 atom stereocenters. The van der Waals surface area contributed by atoms with E-state index < -0.39 is 5.60 Å². The van der Waals surface area contributed by atoms with Crippen molar-refractivity contribution < 1.29 is 9.53 Å². The van der Waals surface area contributed by atoms with Crippen LogP contribution in [-0.4, -0.2) is 35.7 Å². The predicted molar refractivity (Wildman–Crippen MR) is 95.3 cm³/mol. The third kappa shape index (κ3) is 5.61. The van der Waals surface area contributed by atoms with Gasteiger partial charge in [0.1, 0.15) is 5.60 Å². The number of nitrogens with zero attached hydrogens (tertiary/aromatic N) is 1. The van der Waals surface area contributed by atoms with Crippen LogP contribution in [-0.2, 0) is 4.74 Å². The number of anilines is 1. The van der Waals surface area contributed by atoms with Gasteiger partial charge >= 0.3 is 6.09 Å². The van der Waals surface area contributed by atoms with E-state index in [1.807, 2.05) is 44.7 Å². The van der Waals surface area contributed by atoms with Gasteiger partial charge in [-0.3, -0.25) is 0 Å². The molecule has 1 unspecified atom stereocenters. The Morgan fingerprint density at radius 2 is 2.04 bits per heavy atom. The molecule has 1 N–H and O–H groups in total. The molecule has 0 spiro atoms. The predicted octanol–water partition coefficient (Wildman–Crippen LogP) is 4.85. The molecule has 128 valence electrons. The maximum absolute atomic E-state index is 12.2. The minimum Gasteiger partial charge on any atom is -0.444 e. The van der Waals surface area contributed by atoms with Gasteiger partial charge in [0.05, 0.1) is 10.7 Å². The van der Waals surface area contributed by atoms with Crippen molar-refractivity contribution >= 4 is 23.4 Å². The van der Waals surface area contributed by atoms with Gasteiger partial charge < -0.3 is 15.0 Å². The summed E-state index contributed by atoms with van der Waals surface area (Å²) < 4.78 is 5.46. The SMILES string of the molecule is Cc1ccc(NC2CCCN(C(=O)OC(C)(C)C)CC2)c(Cl)c1. The van der Waals surface area contributed by atoms with E-state index in [4.69, 9.17) is 16.3 Å². The third-order valence-corrected chi connectivity index (χ3v) is 4.18. The van der Waals surface area contributed by atoms with Gasteiger partial charge in [-0.15, -0.1) is 0 Å². The fourth-order valence-corrected chi connectivity index (χ4v) is 3.00. The van der Waals surface area contributed by atoms with Gasteiger partial charge in [-0.2, -0.15) is 0 Å². The van der Waals surface area contributed by atoms with Crippen LogP contribution in [0.5, 0.6) is 0 Å². The van der Waals surface area contributed by atoms with Crippen molar-refractivity contribution in [2.45, 2.75) is 58.6 Å². The number of carbonyl (C=O) groups excluding carboxylic acids is 1. The normalized spacial score (nSPS) is 19.2. The monoisotopic (exact) mass is 338 g/mol. The standard InChI is InChI=1S/C18H27ClN2O2/c1-13-7-8-16(15(19)12-13)20-14-6-5-10-21(11-9-14)17(22)23-18(2,3)4/h7-8,12,14,20H,5-6,9-11H2,1-4H3. The summed E-state index contributed by atoms with van der Waals surface area (Å²) in [7, 11) is 0. The van der Waals surface area contributed by atoms with Crippen LogP contribution in [0.1, 0.15) is 45.6 Å². The second kappa shape index (κ2) is 7.43. The Labute approximate surface area is 144 Å². The first-order valence-corrected chi connectivity index (χ1v) is 8.63. The molecule has 1 aliphatic rings. The lowest BCUT2D eigenvalue weighted by molar-refractivity contribution is 0.0256. The Hall–Kier alpha value is -1.42. The van der Waals surface area contributed by atoms with Gasteiger partial charge in [0.15, 0.2) is 0 Å². The molecular weight excluding hydrogens is 312 g/mol. The number of benzene rings is 1. The zero-order valence-electron chi connectivity index (χ0n) is 14.5. The van der Waals surface area contributed by atoms with E-state index >= 15 is 0 Å². The lowest BCUT2D eigenvalue weighted by atomic mass is 10.1. The van der Waals surface area contributed by atoms with Crippen molar-refractivity contribution in [1.82, 2.24) is 4.90 Å². The van der Waals surface area contributed by atoms with Crippen molar-refractivity contribution in [2.24, 2.45) is 0 Å². The summed E-state index contributed by atoms with van der Waals surface area (Å²) in [5, 5.41) is 4.26. The number of hydrogen-bond acceptors (Lipinski definition) is 3. The number of aryl methyl sites for hydroxylation is 1. The Morgan fingerprint density at radius 1 is 1.30 bits per heavy atom. The molecule has 1 aromatic carbocycles. The molecular formula is C18H27ClN2O2. The second-order valence-electron chi connectivity index (χ2n) is 7.22. The topological polar surface area (TPSA) is 41.6 Å². The quantitative estimate of drug-likeness (QED) is 0.838. The highest BCUT2D eigenvalue weighted by atomic mass is 35.5. The lowest BCUT2D eigenvalue weighted by Gasteiger charge is -2.26. The smallest absolute Gasteiger partial charge is 0.410 e. The van der Waals surface area contributed by atoms with Crippen LogP contribution in [0.3, 0.4) is 0 Å². The Morgan fingerprint density at radius 3 is 2.70 bits per heavy atom. The van der Waals surface area contributed by atoms with Gasteiger partial charge in [-0.05, 0) is 64.7 Å². The molecule has 1 fully saturated rings. The van der Waals surface area contributed by atoms with Gasteiger partial charge in [-0.25, -0.2) is 4.79 Å². The number of ether oxygens (including phenoxy) is 1. The molecule has 1 aliphatic heterocycles.